The first-order valence-electron chi connectivity index (χ1n) is 5.71. The van der Waals surface area contributed by atoms with Crippen molar-refractivity contribution in [3.05, 3.63) is 28.0 Å². The van der Waals surface area contributed by atoms with E-state index in [4.69, 9.17) is 4.42 Å². The normalized spacial score (nSPS) is 21.0. The van der Waals surface area contributed by atoms with E-state index in [0.29, 0.717) is 11.8 Å². The molecule has 1 aromatic rings. The number of hydrogen-bond acceptors (Lipinski definition) is 5. The highest BCUT2D eigenvalue weighted by molar-refractivity contribution is 5.76. The van der Waals surface area contributed by atoms with E-state index in [-0.39, 0.29) is 5.88 Å². The molecule has 17 heavy (non-hydrogen) atoms. The van der Waals surface area contributed by atoms with E-state index in [1.54, 1.807) is 6.07 Å². The fourth-order valence-electron chi connectivity index (χ4n) is 1.90. The average Bonchev–Trinajstić information content (AvgIpc) is 2.77. The average molecular weight is 237 g/mol. The monoisotopic (exact) mass is 237 g/mol. The molecule has 0 aromatic carbocycles. The minimum Gasteiger partial charge on any atom is -0.400 e. The maximum absolute atomic E-state index is 10.4. The Morgan fingerprint density at radius 3 is 3.06 bits per heavy atom. The summed E-state index contributed by atoms with van der Waals surface area (Å²) in [6.07, 6.45) is 5.05. The number of hydrazone groups is 1. The lowest BCUT2D eigenvalue weighted by molar-refractivity contribution is -0.402. The Balaban J connectivity index is 2.01. The zero-order valence-electron chi connectivity index (χ0n) is 9.70. The van der Waals surface area contributed by atoms with Crippen LogP contribution in [0.4, 0.5) is 5.88 Å². The molecule has 0 amide bonds. The molecular weight excluding hydrogens is 222 g/mol. The van der Waals surface area contributed by atoms with Gasteiger partial charge in [0.05, 0.1) is 12.3 Å². The Morgan fingerprint density at radius 1 is 1.59 bits per heavy atom. The molecular formula is C11H15N3O3. The molecule has 0 saturated carbocycles. The lowest BCUT2D eigenvalue weighted by Crippen LogP contribution is -2.33. The minimum atomic E-state index is -0.555. The van der Waals surface area contributed by atoms with Gasteiger partial charge in [0.2, 0.25) is 0 Å². The lowest BCUT2D eigenvalue weighted by Gasteiger charge is -2.30. The summed E-state index contributed by atoms with van der Waals surface area (Å²) in [5, 5.41) is 16.7. The van der Waals surface area contributed by atoms with Crippen LogP contribution >= 0.6 is 0 Å². The Hall–Kier alpha value is -1.85. The lowest BCUT2D eigenvalue weighted by atomic mass is 10.1. The zero-order chi connectivity index (χ0) is 12.3. The molecule has 1 saturated heterocycles. The topological polar surface area (TPSA) is 71.9 Å². The highest BCUT2D eigenvalue weighted by Crippen LogP contribution is 2.17. The van der Waals surface area contributed by atoms with Crippen LogP contribution in [-0.4, -0.2) is 28.7 Å². The zero-order valence-corrected chi connectivity index (χ0v) is 9.70. The number of nitrogens with zero attached hydrogens (tertiary/aromatic N) is 3. The summed E-state index contributed by atoms with van der Waals surface area (Å²) >= 11 is 0. The van der Waals surface area contributed by atoms with Gasteiger partial charge in [-0.2, -0.15) is 5.10 Å². The predicted molar refractivity (Wildman–Crippen MR) is 63.0 cm³/mol. The Labute approximate surface area is 99.1 Å². The Bertz CT molecular complexity index is 427. The van der Waals surface area contributed by atoms with Gasteiger partial charge in [-0.1, -0.05) is 0 Å². The summed E-state index contributed by atoms with van der Waals surface area (Å²) in [6.45, 7) is 3.06. The van der Waals surface area contributed by atoms with Crippen LogP contribution in [0.5, 0.6) is 0 Å². The smallest absolute Gasteiger partial charge is 0.400 e. The van der Waals surface area contributed by atoms with Gasteiger partial charge < -0.3 is 4.42 Å². The van der Waals surface area contributed by atoms with Crippen LogP contribution in [0.3, 0.4) is 0 Å². The highest BCUT2D eigenvalue weighted by atomic mass is 16.6. The van der Waals surface area contributed by atoms with Crippen molar-refractivity contribution in [3.8, 4) is 0 Å². The molecule has 1 atom stereocenters. The molecule has 1 aliphatic heterocycles. The van der Waals surface area contributed by atoms with Crippen LogP contribution in [0.2, 0.25) is 0 Å². The molecule has 2 rings (SSSR count). The molecule has 1 aromatic heterocycles. The second-order valence-corrected chi connectivity index (χ2v) is 4.19. The predicted octanol–water partition coefficient (Wildman–Crippen LogP) is 2.40. The van der Waals surface area contributed by atoms with E-state index in [1.165, 1.54) is 18.7 Å². The van der Waals surface area contributed by atoms with Crippen LogP contribution in [-0.2, 0) is 0 Å². The number of piperidine rings is 1. The van der Waals surface area contributed by atoms with Crippen molar-refractivity contribution in [2.24, 2.45) is 5.10 Å². The van der Waals surface area contributed by atoms with E-state index in [0.717, 1.165) is 19.4 Å². The third-order valence-corrected chi connectivity index (χ3v) is 2.89. The van der Waals surface area contributed by atoms with Gasteiger partial charge in [-0.3, -0.25) is 15.1 Å². The van der Waals surface area contributed by atoms with Gasteiger partial charge in [0.15, 0.2) is 5.76 Å². The number of rotatable bonds is 3. The van der Waals surface area contributed by atoms with Gasteiger partial charge >= 0.3 is 5.88 Å². The van der Waals surface area contributed by atoms with Crippen molar-refractivity contribution in [2.45, 2.75) is 32.2 Å². The van der Waals surface area contributed by atoms with Crippen molar-refractivity contribution in [2.75, 3.05) is 6.54 Å². The minimum absolute atomic E-state index is 0.252. The van der Waals surface area contributed by atoms with E-state index in [9.17, 15) is 10.1 Å². The molecule has 0 bridgehead atoms. The molecule has 1 fully saturated rings. The van der Waals surface area contributed by atoms with Crippen molar-refractivity contribution in [1.29, 1.82) is 0 Å². The standard InChI is InChI=1S/C11H15N3O3/c1-9-4-2-3-7-13(9)12-8-10-5-6-11(17-10)14(15)16/h5-6,8-9H,2-4,7H2,1H3. The van der Waals surface area contributed by atoms with Gasteiger partial charge in [0, 0.05) is 12.6 Å². The van der Waals surface area contributed by atoms with E-state index in [2.05, 4.69) is 12.0 Å². The SMILES string of the molecule is CC1CCCCN1N=Cc1ccc([N+](=O)[O-])o1. The van der Waals surface area contributed by atoms with Gasteiger partial charge in [-0.25, -0.2) is 0 Å². The fourth-order valence-corrected chi connectivity index (χ4v) is 1.90. The van der Waals surface area contributed by atoms with Crippen molar-refractivity contribution in [3.63, 3.8) is 0 Å². The van der Waals surface area contributed by atoms with E-state index >= 15 is 0 Å². The molecule has 92 valence electrons. The van der Waals surface area contributed by atoms with Gasteiger partial charge in [-0.15, -0.1) is 0 Å². The van der Waals surface area contributed by atoms with Crippen LogP contribution < -0.4 is 0 Å². The van der Waals surface area contributed by atoms with Gasteiger partial charge in [-0.05, 0) is 32.3 Å². The molecule has 0 aliphatic carbocycles. The Kier molecular flexibility index (Phi) is 3.41. The summed E-state index contributed by atoms with van der Waals surface area (Å²) in [7, 11) is 0. The quantitative estimate of drug-likeness (QED) is 0.459. The third-order valence-electron chi connectivity index (χ3n) is 2.89. The van der Waals surface area contributed by atoms with E-state index in [1.807, 2.05) is 5.01 Å². The number of hydrogen-bond donors (Lipinski definition) is 0. The van der Waals surface area contributed by atoms with Crippen LogP contribution in [0.1, 0.15) is 31.9 Å². The Morgan fingerprint density at radius 2 is 2.41 bits per heavy atom. The van der Waals surface area contributed by atoms with Crippen LogP contribution in [0.25, 0.3) is 0 Å². The molecule has 2 heterocycles. The summed E-state index contributed by atoms with van der Waals surface area (Å²) in [5.41, 5.74) is 0. The summed E-state index contributed by atoms with van der Waals surface area (Å²) in [4.78, 5) is 9.87. The highest BCUT2D eigenvalue weighted by Gasteiger charge is 2.16. The first-order valence-corrected chi connectivity index (χ1v) is 5.71. The van der Waals surface area contributed by atoms with Crippen molar-refractivity contribution in [1.82, 2.24) is 5.01 Å². The summed E-state index contributed by atoms with van der Waals surface area (Å²) in [5.74, 6) is 0.160. The second kappa shape index (κ2) is 4.99. The molecule has 0 radical (unpaired) electrons. The molecule has 0 N–H and O–H groups in total. The number of furan rings is 1. The van der Waals surface area contributed by atoms with Crippen LogP contribution in [0.15, 0.2) is 21.7 Å². The van der Waals surface area contributed by atoms with Crippen molar-refractivity contribution >= 4 is 12.1 Å². The van der Waals surface area contributed by atoms with E-state index < -0.39 is 4.92 Å². The number of nitro groups is 1. The molecule has 6 nitrogen and oxygen atoms in total. The van der Waals surface area contributed by atoms with Gasteiger partial charge in [0.25, 0.3) is 0 Å². The first kappa shape index (κ1) is 11.6. The summed E-state index contributed by atoms with van der Waals surface area (Å²) in [6, 6.07) is 3.31. The fraction of sp³-hybridized carbons (Fsp3) is 0.545. The largest absolute Gasteiger partial charge is 0.433 e. The first-order chi connectivity index (χ1) is 8.16. The van der Waals surface area contributed by atoms with Crippen molar-refractivity contribution < 1.29 is 9.34 Å². The second-order valence-electron chi connectivity index (χ2n) is 4.19. The molecule has 6 heteroatoms. The maximum atomic E-state index is 10.4. The molecule has 1 unspecified atom stereocenters. The third kappa shape index (κ3) is 2.83. The maximum Gasteiger partial charge on any atom is 0.433 e. The summed E-state index contributed by atoms with van der Waals surface area (Å²) < 4.78 is 5.00. The van der Waals surface area contributed by atoms with Gasteiger partial charge in [0.1, 0.15) is 4.92 Å². The molecule has 1 aliphatic rings. The molecule has 0 spiro atoms. The van der Waals surface area contributed by atoms with Crippen LogP contribution in [0, 0.1) is 10.1 Å².